The lowest BCUT2D eigenvalue weighted by Crippen LogP contribution is -2.50. The van der Waals surface area contributed by atoms with Crippen molar-refractivity contribution < 1.29 is 37.0 Å². The van der Waals surface area contributed by atoms with Gasteiger partial charge in [0.25, 0.3) is 0 Å². The number of benzene rings is 8. The molecule has 15 heteroatoms. The molecular formula is C56H46Cl2N4O8S. The van der Waals surface area contributed by atoms with Gasteiger partial charge in [-0.05, 0) is 127 Å². The second-order valence-electron chi connectivity index (χ2n) is 16.6. The van der Waals surface area contributed by atoms with Crippen LogP contribution in [0.1, 0.15) is 38.2 Å². The highest BCUT2D eigenvalue weighted by atomic mass is 35.5. The first-order valence-corrected chi connectivity index (χ1v) is 24.1. The molecule has 1 atom stereocenters. The molecule has 8 aromatic carbocycles. The number of thiol groups is 1. The maximum atomic E-state index is 14.8. The molecule has 0 radical (unpaired) electrons. The molecule has 0 spiro atoms. The Morgan fingerprint density at radius 1 is 0.577 bits per heavy atom. The van der Waals surface area contributed by atoms with E-state index in [9.17, 15) is 18.0 Å². The minimum Gasteiger partial charge on any atom is -0.497 e. The Morgan fingerprint density at radius 3 is 1.77 bits per heavy atom. The number of halogens is 2. The van der Waals surface area contributed by atoms with Gasteiger partial charge in [-0.15, -0.1) is 0 Å². The van der Waals surface area contributed by atoms with Crippen molar-refractivity contribution in [3.63, 3.8) is 0 Å². The lowest BCUT2D eigenvalue weighted by atomic mass is 9.73. The average molecular weight is 1010 g/mol. The molecule has 358 valence electrons. The van der Waals surface area contributed by atoms with Crippen molar-refractivity contribution >= 4 is 80.1 Å². The Labute approximate surface area is 423 Å². The van der Waals surface area contributed by atoms with E-state index < -0.39 is 28.3 Å². The number of hydrogen-bond acceptors (Lipinski definition) is 10. The van der Waals surface area contributed by atoms with Gasteiger partial charge in [-0.2, -0.15) is 0 Å². The molecule has 0 bridgehead atoms. The molecular weight excluding hydrogens is 960 g/mol. The van der Waals surface area contributed by atoms with E-state index in [2.05, 4.69) is 5.32 Å². The van der Waals surface area contributed by atoms with E-state index in [-0.39, 0.29) is 22.7 Å². The maximum absolute atomic E-state index is 14.8. The third-order valence-electron chi connectivity index (χ3n) is 12.5. The zero-order chi connectivity index (χ0) is 50.0. The van der Waals surface area contributed by atoms with Crippen molar-refractivity contribution in [1.82, 2.24) is 0 Å². The Balaban J connectivity index is 1.30. The number of carbonyl (C=O) groups excluding carboxylic acids is 2. The largest absolute Gasteiger partial charge is 0.497 e. The molecule has 1 unspecified atom stereocenters. The molecule has 1 aliphatic heterocycles. The fraction of sp³-hybridized carbons (Fsp3) is 0.107. The standard InChI is InChI=1S/C56H46Cl2N4O8S/c1-35-11-6-7-14-45(35)56(62(71(65)66)51-30-19-37(54(63)36-17-22-42(67-4)23-18-36)31-49(51)59-55(64)69-44-26-24-43(68-5)25-27-44)46-28-20-40(60(2)39-13-10-12-38(57)32-39)33-52(46)70-53-34-41(21-29-47(53)56)61(3)50-16-9-8-15-48(50)58/h6-34,71H,1-5H3,(H,59,64). The third kappa shape index (κ3) is 9.30. The van der Waals surface area contributed by atoms with Crippen molar-refractivity contribution in [3.05, 3.63) is 219 Å². The normalized spacial score (nSPS) is 13.5. The summed E-state index contributed by atoms with van der Waals surface area (Å²) >= 11 is 13.2. The van der Waals surface area contributed by atoms with Gasteiger partial charge in [-0.3, -0.25) is 14.4 Å². The summed E-state index contributed by atoms with van der Waals surface area (Å²) in [6.45, 7) is 1.91. The van der Waals surface area contributed by atoms with Crippen LogP contribution in [0.2, 0.25) is 10.0 Å². The molecule has 1 heterocycles. The zero-order valence-electron chi connectivity index (χ0n) is 39.1. The summed E-state index contributed by atoms with van der Waals surface area (Å²) < 4.78 is 54.3. The fourth-order valence-electron chi connectivity index (χ4n) is 8.93. The molecule has 1 amide bonds. The fourth-order valence-corrected chi connectivity index (χ4v) is 10.3. The van der Waals surface area contributed by atoms with Gasteiger partial charge in [0.1, 0.15) is 34.3 Å². The number of aryl methyl sites for hydroxylation is 1. The van der Waals surface area contributed by atoms with Gasteiger partial charge in [0.2, 0.25) is 10.9 Å². The highest BCUT2D eigenvalue weighted by molar-refractivity contribution is 7.74. The molecule has 71 heavy (non-hydrogen) atoms. The molecule has 1 aliphatic rings. The van der Waals surface area contributed by atoms with Crippen LogP contribution in [0.15, 0.2) is 176 Å². The molecule has 8 aromatic rings. The molecule has 0 aromatic heterocycles. The Morgan fingerprint density at radius 2 is 1.15 bits per heavy atom. The van der Waals surface area contributed by atoms with E-state index in [0.29, 0.717) is 66.7 Å². The van der Waals surface area contributed by atoms with Gasteiger partial charge in [0, 0.05) is 70.6 Å². The summed E-state index contributed by atoms with van der Waals surface area (Å²) in [5.74, 6) is 1.56. The van der Waals surface area contributed by atoms with Crippen LogP contribution in [0.4, 0.5) is 38.9 Å². The van der Waals surface area contributed by atoms with Crippen LogP contribution in [-0.2, 0) is 16.4 Å². The number of para-hydroxylation sites is 1. The van der Waals surface area contributed by atoms with Crippen LogP contribution >= 0.6 is 23.2 Å². The van der Waals surface area contributed by atoms with Gasteiger partial charge < -0.3 is 28.7 Å². The van der Waals surface area contributed by atoms with Crippen LogP contribution < -0.4 is 38.4 Å². The topological polar surface area (TPSA) is 127 Å². The molecule has 0 aliphatic carbocycles. The average Bonchev–Trinajstić information content (AvgIpc) is 3.38. The molecule has 1 N–H and O–H groups in total. The number of nitrogens with zero attached hydrogens (tertiary/aromatic N) is 3. The number of methoxy groups -OCH3 is 2. The first-order valence-electron chi connectivity index (χ1n) is 22.2. The number of rotatable bonds is 14. The van der Waals surface area contributed by atoms with E-state index in [4.69, 9.17) is 42.1 Å². The lowest BCUT2D eigenvalue weighted by Gasteiger charge is -2.47. The van der Waals surface area contributed by atoms with Gasteiger partial charge in [-0.1, -0.05) is 77.8 Å². The molecule has 0 saturated heterocycles. The quantitative estimate of drug-likeness (QED) is 0.0803. The minimum atomic E-state index is -3.67. The summed E-state index contributed by atoms with van der Waals surface area (Å²) in [4.78, 5) is 32.2. The number of nitrogens with one attached hydrogen (secondary N) is 1. The SMILES string of the molecule is COc1ccc(OC(=O)Nc2cc(C(=O)c3ccc(OC)cc3)ccc2N([SH](=O)=O)C2(c3ccccc3C)c3ccc(N(C)c4cccc(Cl)c4)cc3Oc3cc(N(C)c4ccccc4Cl)ccc32)cc1. The van der Waals surface area contributed by atoms with Crippen molar-refractivity contribution in [3.8, 4) is 28.7 Å². The summed E-state index contributed by atoms with van der Waals surface area (Å²) in [5, 5.41) is 3.89. The predicted molar refractivity (Wildman–Crippen MR) is 281 cm³/mol. The van der Waals surface area contributed by atoms with Crippen LogP contribution in [0, 0.1) is 6.92 Å². The monoisotopic (exact) mass is 1000 g/mol. The van der Waals surface area contributed by atoms with Crippen LogP contribution in [0.5, 0.6) is 28.7 Å². The molecule has 0 fully saturated rings. The zero-order valence-corrected chi connectivity index (χ0v) is 41.5. The Kier molecular flexibility index (Phi) is 13.7. The number of ether oxygens (including phenoxy) is 4. The van der Waals surface area contributed by atoms with Crippen molar-refractivity contribution in [2.75, 3.05) is 47.7 Å². The van der Waals surface area contributed by atoms with E-state index in [0.717, 1.165) is 16.9 Å². The summed E-state index contributed by atoms with van der Waals surface area (Å²) in [6, 6.07) is 51.0. The molecule has 12 nitrogen and oxygen atoms in total. The summed E-state index contributed by atoms with van der Waals surface area (Å²) in [7, 11) is 3.16. The van der Waals surface area contributed by atoms with Gasteiger partial charge in [0.15, 0.2) is 5.78 Å². The summed E-state index contributed by atoms with van der Waals surface area (Å²) in [6.07, 6.45) is -0.954. The molecule has 9 rings (SSSR count). The van der Waals surface area contributed by atoms with Crippen LogP contribution in [0.3, 0.4) is 0 Å². The summed E-state index contributed by atoms with van der Waals surface area (Å²) in [5.41, 5.74) is 3.86. The first-order chi connectivity index (χ1) is 34.3. The number of fused-ring (bicyclic) bond motifs is 2. The highest BCUT2D eigenvalue weighted by Gasteiger charge is 2.52. The second kappa shape index (κ2) is 20.2. The predicted octanol–water partition coefficient (Wildman–Crippen LogP) is 13.1. The Hall–Kier alpha value is -7.97. The highest BCUT2D eigenvalue weighted by Crippen LogP contribution is 2.58. The molecule has 0 saturated carbocycles. The van der Waals surface area contributed by atoms with Gasteiger partial charge >= 0.3 is 6.09 Å². The number of hydrogen-bond donors (Lipinski definition) is 2. The van der Waals surface area contributed by atoms with Crippen molar-refractivity contribution in [1.29, 1.82) is 0 Å². The minimum absolute atomic E-state index is 0.0125. The number of anilines is 6. The van der Waals surface area contributed by atoms with Crippen LogP contribution in [-0.4, -0.2) is 48.6 Å². The van der Waals surface area contributed by atoms with Crippen molar-refractivity contribution in [2.45, 2.75) is 12.5 Å². The van der Waals surface area contributed by atoms with Crippen molar-refractivity contribution in [2.24, 2.45) is 0 Å². The third-order valence-corrected chi connectivity index (χ3v) is 13.9. The van der Waals surface area contributed by atoms with Gasteiger partial charge in [-0.25, -0.2) is 13.2 Å². The maximum Gasteiger partial charge on any atom is 0.417 e. The lowest BCUT2D eigenvalue weighted by molar-refractivity contribution is 0.103. The van der Waals surface area contributed by atoms with E-state index in [1.165, 1.54) is 36.7 Å². The van der Waals surface area contributed by atoms with E-state index >= 15 is 0 Å². The van der Waals surface area contributed by atoms with Gasteiger partial charge in [0.05, 0.1) is 36.3 Å². The number of ketones is 1. The number of amides is 1. The van der Waals surface area contributed by atoms with Crippen LogP contribution in [0.25, 0.3) is 0 Å². The van der Waals surface area contributed by atoms with E-state index in [1.807, 2.05) is 128 Å². The smallest absolute Gasteiger partial charge is 0.417 e. The Bertz CT molecular complexity index is 3400. The first kappa shape index (κ1) is 48.1. The van der Waals surface area contributed by atoms with E-state index in [1.54, 1.807) is 60.7 Å². The number of carbonyl (C=O) groups is 2. The second-order valence-corrected chi connectivity index (χ2v) is 18.3.